The molecule has 1 saturated heterocycles. The highest BCUT2D eigenvalue weighted by Crippen LogP contribution is 2.22. The van der Waals surface area contributed by atoms with Crippen molar-refractivity contribution in [1.29, 1.82) is 0 Å². The summed E-state index contributed by atoms with van der Waals surface area (Å²) in [6.45, 7) is 0.231. The SMILES string of the molecule is O=C(NC1CCCC1)c1cccc(CN2C(=O)CSC2=O)c1. The Balaban J connectivity index is 1.68. The molecule has 0 aromatic heterocycles. The molecular formula is C16H18N2O3S. The van der Waals surface area contributed by atoms with Crippen molar-refractivity contribution >= 4 is 28.8 Å². The Morgan fingerprint density at radius 2 is 2.05 bits per heavy atom. The Kier molecular flexibility index (Phi) is 4.47. The Morgan fingerprint density at radius 3 is 2.73 bits per heavy atom. The molecular weight excluding hydrogens is 300 g/mol. The molecule has 1 aromatic rings. The van der Waals surface area contributed by atoms with Crippen LogP contribution in [0.5, 0.6) is 0 Å². The van der Waals surface area contributed by atoms with Crippen LogP contribution in [0.3, 0.4) is 0 Å². The average molecular weight is 318 g/mol. The van der Waals surface area contributed by atoms with Crippen molar-refractivity contribution in [3.63, 3.8) is 0 Å². The van der Waals surface area contributed by atoms with Gasteiger partial charge in [0, 0.05) is 11.6 Å². The van der Waals surface area contributed by atoms with Crippen LogP contribution in [-0.2, 0) is 11.3 Å². The van der Waals surface area contributed by atoms with E-state index in [-0.39, 0.29) is 35.4 Å². The van der Waals surface area contributed by atoms with Crippen molar-refractivity contribution < 1.29 is 14.4 Å². The summed E-state index contributed by atoms with van der Waals surface area (Å²) in [7, 11) is 0. The molecule has 2 fully saturated rings. The van der Waals surface area contributed by atoms with Gasteiger partial charge >= 0.3 is 0 Å². The van der Waals surface area contributed by atoms with Crippen LogP contribution >= 0.6 is 11.8 Å². The number of carbonyl (C=O) groups excluding carboxylic acids is 3. The molecule has 1 saturated carbocycles. The Labute approximate surface area is 133 Å². The van der Waals surface area contributed by atoms with Gasteiger partial charge < -0.3 is 5.32 Å². The van der Waals surface area contributed by atoms with E-state index in [1.54, 1.807) is 18.2 Å². The zero-order valence-corrected chi connectivity index (χ0v) is 13.0. The second-order valence-electron chi connectivity index (χ2n) is 5.69. The lowest BCUT2D eigenvalue weighted by molar-refractivity contribution is -0.125. The minimum atomic E-state index is -0.217. The van der Waals surface area contributed by atoms with Gasteiger partial charge in [-0.3, -0.25) is 19.3 Å². The number of thioether (sulfide) groups is 1. The lowest BCUT2D eigenvalue weighted by Gasteiger charge is -2.15. The molecule has 6 heteroatoms. The number of nitrogens with one attached hydrogen (secondary N) is 1. The number of hydrogen-bond acceptors (Lipinski definition) is 4. The third kappa shape index (κ3) is 3.32. The molecule has 0 atom stereocenters. The van der Waals surface area contributed by atoms with Gasteiger partial charge in [0.15, 0.2) is 0 Å². The topological polar surface area (TPSA) is 66.5 Å². The second kappa shape index (κ2) is 6.52. The highest BCUT2D eigenvalue weighted by molar-refractivity contribution is 8.14. The third-order valence-corrected chi connectivity index (χ3v) is 4.92. The average Bonchev–Trinajstić information content (AvgIpc) is 3.13. The van der Waals surface area contributed by atoms with Gasteiger partial charge in [-0.25, -0.2) is 0 Å². The third-order valence-electron chi connectivity index (χ3n) is 4.06. The maximum absolute atomic E-state index is 12.3. The van der Waals surface area contributed by atoms with Crippen LogP contribution in [0.15, 0.2) is 24.3 Å². The smallest absolute Gasteiger partial charge is 0.289 e. The fraction of sp³-hybridized carbons (Fsp3) is 0.438. The van der Waals surface area contributed by atoms with Gasteiger partial charge in [-0.2, -0.15) is 0 Å². The number of rotatable bonds is 4. The molecule has 1 heterocycles. The predicted molar refractivity (Wildman–Crippen MR) is 84.6 cm³/mol. The molecule has 0 spiro atoms. The maximum atomic E-state index is 12.3. The van der Waals surface area contributed by atoms with E-state index in [9.17, 15) is 14.4 Å². The predicted octanol–water partition coefficient (Wildman–Crippen LogP) is 2.55. The molecule has 0 radical (unpaired) electrons. The van der Waals surface area contributed by atoms with E-state index in [4.69, 9.17) is 0 Å². The highest BCUT2D eigenvalue weighted by atomic mass is 32.2. The van der Waals surface area contributed by atoms with E-state index in [2.05, 4.69) is 5.32 Å². The minimum Gasteiger partial charge on any atom is -0.349 e. The number of imide groups is 1. The van der Waals surface area contributed by atoms with Crippen LogP contribution in [0.4, 0.5) is 4.79 Å². The highest BCUT2D eigenvalue weighted by Gasteiger charge is 2.29. The van der Waals surface area contributed by atoms with Crippen molar-refractivity contribution in [3.8, 4) is 0 Å². The standard InChI is InChI=1S/C16H18N2O3S/c19-14-10-22-16(21)18(14)9-11-4-3-5-12(8-11)15(20)17-13-6-1-2-7-13/h3-5,8,13H,1-2,6-7,9-10H2,(H,17,20). The zero-order chi connectivity index (χ0) is 15.5. The summed E-state index contributed by atoms with van der Waals surface area (Å²) in [5.41, 5.74) is 1.37. The molecule has 116 valence electrons. The van der Waals surface area contributed by atoms with Gasteiger partial charge in [-0.15, -0.1) is 0 Å². The summed E-state index contributed by atoms with van der Waals surface area (Å²) in [4.78, 5) is 36.8. The second-order valence-corrected chi connectivity index (χ2v) is 6.62. The van der Waals surface area contributed by atoms with Gasteiger partial charge in [0.05, 0.1) is 12.3 Å². The zero-order valence-electron chi connectivity index (χ0n) is 12.2. The fourth-order valence-electron chi connectivity index (χ4n) is 2.87. The molecule has 1 aromatic carbocycles. The number of hydrogen-bond donors (Lipinski definition) is 1. The molecule has 5 nitrogen and oxygen atoms in total. The van der Waals surface area contributed by atoms with E-state index in [0.717, 1.165) is 30.2 Å². The Morgan fingerprint density at radius 1 is 1.27 bits per heavy atom. The summed E-state index contributed by atoms with van der Waals surface area (Å²) >= 11 is 1.02. The Bertz CT molecular complexity index is 595. The van der Waals surface area contributed by atoms with Gasteiger partial charge in [0.1, 0.15) is 0 Å². The summed E-state index contributed by atoms with van der Waals surface area (Å²) in [6, 6.07) is 7.41. The molecule has 0 unspecified atom stereocenters. The molecule has 1 aliphatic carbocycles. The normalized spacial score (nSPS) is 19.0. The number of carbonyl (C=O) groups is 3. The van der Waals surface area contributed by atoms with Gasteiger partial charge in [-0.1, -0.05) is 36.7 Å². The van der Waals surface area contributed by atoms with Crippen LogP contribution in [-0.4, -0.2) is 33.7 Å². The van der Waals surface area contributed by atoms with Crippen molar-refractivity contribution in [1.82, 2.24) is 10.2 Å². The summed E-state index contributed by atoms with van der Waals surface area (Å²) in [6.07, 6.45) is 4.42. The number of amides is 3. The van der Waals surface area contributed by atoms with Gasteiger partial charge in [-0.05, 0) is 30.5 Å². The van der Waals surface area contributed by atoms with Crippen molar-refractivity contribution in [2.75, 3.05) is 5.75 Å². The first-order valence-electron chi connectivity index (χ1n) is 7.50. The van der Waals surface area contributed by atoms with Crippen molar-refractivity contribution in [2.45, 2.75) is 38.3 Å². The lowest BCUT2D eigenvalue weighted by atomic mass is 10.1. The monoisotopic (exact) mass is 318 g/mol. The first-order valence-corrected chi connectivity index (χ1v) is 8.49. The minimum absolute atomic E-state index is 0.0813. The van der Waals surface area contributed by atoms with E-state index >= 15 is 0 Å². The van der Waals surface area contributed by atoms with E-state index in [1.165, 1.54) is 17.7 Å². The van der Waals surface area contributed by atoms with Crippen molar-refractivity contribution in [3.05, 3.63) is 35.4 Å². The van der Waals surface area contributed by atoms with Crippen LogP contribution in [0.2, 0.25) is 0 Å². The first-order chi connectivity index (χ1) is 10.6. The fourth-order valence-corrected chi connectivity index (χ4v) is 3.59. The van der Waals surface area contributed by atoms with Gasteiger partial charge in [0.25, 0.3) is 11.1 Å². The van der Waals surface area contributed by atoms with Crippen molar-refractivity contribution in [2.24, 2.45) is 0 Å². The summed E-state index contributed by atoms with van der Waals surface area (Å²) in [5.74, 6) is -0.0428. The van der Waals surface area contributed by atoms with Crippen LogP contribution in [0.25, 0.3) is 0 Å². The van der Waals surface area contributed by atoms with E-state index in [0.29, 0.717) is 5.56 Å². The summed E-state index contributed by atoms with van der Waals surface area (Å²) in [5, 5.41) is 2.83. The van der Waals surface area contributed by atoms with E-state index < -0.39 is 0 Å². The lowest BCUT2D eigenvalue weighted by Crippen LogP contribution is -2.32. The van der Waals surface area contributed by atoms with E-state index in [1.807, 2.05) is 6.07 Å². The number of nitrogens with zero attached hydrogens (tertiary/aromatic N) is 1. The van der Waals surface area contributed by atoms with Gasteiger partial charge in [0.2, 0.25) is 5.91 Å². The number of benzene rings is 1. The molecule has 1 N–H and O–H groups in total. The first kappa shape index (κ1) is 15.1. The molecule has 22 heavy (non-hydrogen) atoms. The van der Waals surface area contributed by atoms with Crippen LogP contribution in [0.1, 0.15) is 41.6 Å². The molecule has 0 bridgehead atoms. The molecule has 3 amide bonds. The molecule has 3 rings (SSSR count). The van der Waals surface area contributed by atoms with Crippen LogP contribution in [0, 0.1) is 0 Å². The summed E-state index contributed by atoms with van der Waals surface area (Å²) < 4.78 is 0. The quantitative estimate of drug-likeness (QED) is 0.926. The maximum Gasteiger partial charge on any atom is 0.289 e. The Hall–Kier alpha value is -1.82. The van der Waals surface area contributed by atoms with Crippen LogP contribution < -0.4 is 5.32 Å². The largest absolute Gasteiger partial charge is 0.349 e. The molecule has 1 aliphatic heterocycles. The molecule has 2 aliphatic rings.